The molecule has 0 aromatic rings. The third-order valence-electron chi connectivity index (χ3n) is 3.57. The molecule has 1 rings (SSSR count). The van der Waals surface area contributed by atoms with Gasteiger partial charge in [0.05, 0.1) is 12.2 Å². The molecule has 14 heavy (non-hydrogen) atoms. The van der Waals surface area contributed by atoms with Gasteiger partial charge in [0, 0.05) is 25.7 Å². The zero-order valence-electron chi connectivity index (χ0n) is 9.80. The van der Waals surface area contributed by atoms with Crippen LogP contribution in [0.5, 0.6) is 0 Å². The van der Waals surface area contributed by atoms with Crippen LogP contribution in [0.15, 0.2) is 0 Å². The maximum Gasteiger partial charge on any atom is 0.0803 e. The molecule has 0 spiro atoms. The summed E-state index contributed by atoms with van der Waals surface area (Å²) in [5, 5.41) is 3.38. The van der Waals surface area contributed by atoms with E-state index in [1.807, 2.05) is 7.05 Å². The van der Waals surface area contributed by atoms with Gasteiger partial charge in [-0.15, -0.1) is 0 Å². The van der Waals surface area contributed by atoms with E-state index in [2.05, 4.69) is 19.2 Å². The smallest absolute Gasteiger partial charge is 0.0803 e. The van der Waals surface area contributed by atoms with Gasteiger partial charge in [-0.3, -0.25) is 0 Å². The molecule has 84 valence electrons. The van der Waals surface area contributed by atoms with Crippen LogP contribution in [-0.2, 0) is 9.47 Å². The molecule has 1 aliphatic rings. The van der Waals surface area contributed by atoms with E-state index in [4.69, 9.17) is 9.47 Å². The van der Waals surface area contributed by atoms with Crippen LogP contribution in [0.4, 0.5) is 0 Å². The normalized spacial score (nSPS) is 28.7. The number of hydrogen-bond acceptors (Lipinski definition) is 3. The first-order chi connectivity index (χ1) is 6.68. The monoisotopic (exact) mass is 201 g/mol. The molecule has 1 N–H and O–H groups in total. The van der Waals surface area contributed by atoms with Crippen molar-refractivity contribution in [3.05, 3.63) is 0 Å². The van der Waals surface area contributed by atoms with Gasteiger partial charge < -0.3 is 14.8 Å². The van der Waals surface area contributed by atoms with Crippen LogP contribution in [-0.4, -0.2) is 39.0 Å². The van der Waals surface area contributed by atoms with Crippen molar-refractivity contribution in [2.75, 3.05) is 27.4 Å². The van der Waals surface area contributed by atoms with Gasteiger partial charge >= 0.3 is 0 Å². The van der Waals surface area contributed by atoms with Gasteiger partial charge in [0.1, 0.15) is 0 Å². The molecule has 1 heterocycles. The van der Waals surface area contributed by atoms with E-state index < -0.39 is 0 Å². The lowest BCUT2D eigenvalue weighted by molar-refractivity contribution is -0.0441. The molecule has 3 heteroatoms. The van der Waals surface area contributed by atoms with Crippen LogP contribution in [0.25, 0.3) is 0 Å². The van der Waals surface area contributed by atoms with Crippen molar-refractivity contribution in [2.24, 2.45) is 5.92 Å². The van der Waals surface area contributed by atoms with Crippen LogP contribution in [0, 0.1) is 5.92 Å². The second-order valence-electron chi connectivity index (χ2n) is 4.26. The lowest BCUT2D eigenvalue weighted by Gasteiger charge is -2.38. The van der Waals surface area contributed by atoms with Crippen molar-refractivity contribution < 1.29 is 9.47 Å². The van der Waals surface area contributed by atoms with Gasteiger partial charge in [0.25, 0.3) is 0 Å². The van der Waals surface area contributed by atoms with Gasteiger partial charge in [-0.1, -0.05) is 6.92 Å². The Hall–Kier alpha value is -0.120. The Labute approximate surface area is 87.2 Å². The largest absolute Gasteiger partial charge is 0.381 e. The molecular formula is C11H23NO2. The quantitative estimate of drug-likeness (QED) is 0.730. The summed E-state index contributed by atoms with van der Waals surface area (Å²) in [7, 11) is 3.81. The average Bonchev–Trinajstić information content (AvgIpc) is 2.72. The average molecular weight is 201 g/mol. The van der Waals surface area contributed by atoms with Crippen molar-refractivity contribution in [3.63, 3.8) is 0 Å². The molecule has 1 fully saturated rings. The Balaban J connectivity index is 2.67. The van der Waals surface area contributed by atoms with Crippen LogP contribution in [0.3, 0.4) is 0 Å². The van der Waals surface area contributed by atoms with Crippen molar-refractivity contribution in [1.29, 1.82) is 0 Å². The van der Waals surface area contributed by atoms with E-state index in [9.17, 15) is 0 Å². The molecule has 3 unspecified atom stereocenters. The zero-order valence-corrected chi connectivity index (χ0v) is 9.80. The lowest BCUT2D eigenvalue weighted by Crippen LogP contribution is -2.53. The Morgan fingerprint density at radius 3 is 2.71 bits per heavy atom. The number of methoxy groups -OCH3 is 1. The lowest BCUT2D eigenvalue weighted by atomic mass is 9.83. The minimum Gasteiger partial charge on any atom is -0.381 e. The van der Waals surface area contributed by atoms with Gasteiger partial charge in [-0.25, -0.2) is 0 Å². The number of hydrogen-bond donors (Lipinski definition) is 1. The van der Waals surface area contributed by atoms with Crippen LogP contribution < -0.4 is 5.32 Å². The first-order valence-electron chi connectivity index (χ1n) is 5.48. The number of rotatable bonds is 5. The van der Waals surface area contributed by atoms with E-state index in [1.165, 1.54) is 0 Å². The van der Waals surface area contributed by atoms with E-state index in [0.717, 1.165) is 26.1 Å². The Morgan fingerprint density at radius 1 is 1.64 bits per heavy atom. The number of nitrogens with one attached hydrogen (secondary N) is 1. The molecule has 1 aliphatic heterocycles. The fraction of sp³-hybridized carbons (Fsp3) is 1.00. The highest BCUT2D eigenvalue weighted by Gasteiger charge is 2.38. The first kappa shape index (κ1) is 12.0. The molecule has 0 aliphatic carbocycles. The fourth-order valence-electron chi connectivity index (χ4n) is 2.35. The molecule has 0 saturated carbocycles. The van der Waals surface area contributed by atoms with E-state index in [0.29, 0.717) is 12.0 Å². The summed E-state index contributed by atoms with van der Waals surface area (Å²) in [4.78, 5) is 0. The minimum atomic E-state index is -0.0763. The predicted octanol–water partition coefficient (Wildman–Crippen LogP) is 1.43. The van der Waals surface area contributed by atoms with Gasteiger partial charge in [-0.05, 0) is 26.8 Å². The molecule has 0 aromatic carbocycles. The molecule has 3 nitrogen and oxygen atoms in total. The SMILES string of the molecule is CCC(C)(OC)C(NC)C1CCOC1. The maximum absolute atomic E-state index is 5.63. The summed E-state index contributed by atoms with van der Waals surface area (Å²) in [6, 6.07) is 0.389. The number of likely N-dealkylation sites (N-methyl/N-ethyl adjacent to an activating group) is 1. The van der Waals surface area contributed by atoms with Crippen molar-refractivity contribution in [1.82, 2.24) is 5.32 Å². The summed E-state index contributed by atoms with van der Waals surface area (Å²) < 4.78 is 11.1. The second kappa shape index (κ2) is 5.10. The molecule has 3 atom stereocenters. The number of ether oxygens (including phenoxy) is 2. The van der Waals surface area contributed by atoms with Crippen molar-refractivity contribution >= 4 is 0 Å². The third-order valence-corrected chi connectivity index (χ3v) is 3.57. The standard InChI is InChI=1S/C11H23NO2/c1-5-11(2,13-4)10(12-3)9-6-7-14-8-9/h9-10,12H,5-8H2,1-4H3. The molecular weight excluding hydrogens is 178 g/mol. The summed E-state index contributed by atoms with van der Waals surface area (Å²) >= 11 is 0. The van der Waals surface area contributed by atoms with Crippen LogP contribution in [0.1, 0.15) is 26.7 Å². The highest BCUT2D eigenvalue weighted by Crippen LogP contribution is 2.29. The predicted molar refractivity (Wildman–Crippen MR) is 57.5 cm³/mol. The van der Waals surface area contributed by atoms with Gasteiger partial charge in [0.2, 0.25) is 0 Å². The summed E-state index contributed by atoms with van der Waals surface area (Å²) in [5.41, 5.74) is -0.0763. The Morgan fingerprint density at radius 2 is 2.36 bits per heavy atom. The second-order valence-corrected chi connectivity index (χ2v) is 4.26. The molecule has 0 amide bonds. The van der Waals surface area contributed by atoms with E-state index in [-0.39, 0.29) is 5.60 Å². The minimum absolute atomic E-state index is 0.0763. The molecule has 0 radical (unpaired) electrons. The fourth-order valence-corrected chi connectivity index (χ4v) is 2.35. The van der Waals surface area contributed by atoms with E-state index >= 15 is 0 Å². The summed E-state index contributed by atoms with van der Waals surface area (Å²) in [6.07, 6.45) is 2.16. The van der Waals surface area contributed by atoms with Gasteiger partial charge in [0.15, 0.2) is 0 Å². The first-order valence-corrected chi connectivity index (χ1v) is 5.48. The Kier molecular flexibility index (Phi) is 4.35. The van der Waals surface area contributed by atoms with Crippen LogP contribution >= 0.6 is 0 Å². The molecule has 0 bridgehead atoms. The summed E-state index contributed by atoms with van der Waals surface area (Å²) in [6.45, 7) is 6.10. The van der Waals surface area contributed by atoms with E-state index in [1.54, 1.807) is 7.11 Å². The van der Waals surface area contributed by atoms with Crippen LogP contribution in [0.2, 0.25) is 0 Å². The highest BCUT2D eigenvalue weighted by molar-refractivity contribution is 4.93. The zero-order chi connectivity index (χ0) is 10.6. The summed E-state index contributed by atoms with van der Waals surface area (Å²) in [5.74, 6) is 0.588. The highest BCUT2D eigenvalue weighted by atomic mass is 16.5. The topological polar surface area (TPSA) is 30.5 Å². The maximum atomic E-state index is 5.63. The third kappa shape index (κ3) is 2.27. The van der Waals surface area contributed by atoms with Crippen molar-refractivity contribution in [3.8, 4) is 0 Å². The van der Waals surface area contributed by atoms with Crippen molar-refractivity contribution in [2.45, 2.75) is 38.3 Å². The molecule has 0 aromatic heterocycles. The Bertz CT molecular complexity index is 163. The van der Waals surface area contributed by atoms with Gasteiger partial charge in [-0.2, -0.15) is 0 Å². The molecule has 1 saturated heterocycles.